The van der Waals surface area contributed by atoms with E-state index in [9.17, 15) is 9.59 Å². The molecule has 0 spiro atoms. The summed E-state index contributed by atoms with van der Waals surface area (Å²) in [4.78, 5) is 27.6. The van der Waals surface area contributed by atoms with Crippen molar-refractivity contribution in [2.24, 2.45) is 5.73 Å². The third-order valence-corrected chi connectivity index (χ3v) is 4.78. The van der Waals surface area contributed by atoms with Crippen LogP contribution in [0.15, 0.2) is 6.07 Å². The van der Waals surface area contributed by atoms with Crippen molar-refractivity contribution in [3.05, 3.63) is 17.5 Å². The van der Waals surface area contributed by atoms with Crippen LogP contribution in [-0.4, -0.2) is 70.2 Å². The Morgan fingerprint density at radius 2 is 2.20 bits per heavy atom. The highest BCUT2D eigenvalue weighted by Gasteiger charge is 2.22. The minimum Gasteiger partial charge on any atom is -0.349 e. The topological polar surface area (TPSA) is 96.5 Å². The van der Waals surface area contributed by atoms with E-state index in [0.29, 0.717) is 19.5 Å². The van der Waals surface area contributed by atoms with Crippen molar-refractivity contribution in [3.63, 3.8) is 0 Å². The Morgan fingerprint density at radius 1 is 1.44 bits per heavy atom. The number of urea groups is 1. The average Bonchev–Trinajstić information content (AvgIpc) is 2.86. The zero-order valence-corrected chi connectivity index (χ0v) is 16.0. The quantitative estimate of drug-likeness (QED) is 0.761. The van der Waals surface area contributed by atoms with Gasteiger partial charge in [-0.2, -0.15) is 16.9 Å². The van der Waals surface area contributed by atoms with Crippen molar-refractivity contribution in [1.29, 1.82) is 0 Å². The van der Waals surface area contributed by atoms with Crippen molar-refractivity contribution in [2.45, 2.75) is 38.5 Å². The Morgan fingerprint density at radius 3 is 2.88 bits per heavy atom. The van der Waals surface area contributed by atoms with Gasteiger partial charge in [-0.3, -0.25) is 9.48 Å². The monoisotopic (exact) mass is 368 g/mol. The fourth-order valence-corrected chi connectivity index (χ4v) is 3.23. The number of hydrogen-bond acceptors (Lipinski definition) is 5. The maximum absolute atomic E-state index is 12.2. The van der Waals surface area contributed by atoms with Crippen LogP contribution < -0.4 is 11.1 Å². The molecule has 0 radical (unpaired) electrons. The molecule has 0 aliphatic carbocycles. The molecule has 2 heterocycles. The molecule has 3 amide bonds. The van der Waals surface area contributed by atoms with E-state index >= 15 is 0 Å². The van der Waals surface area contributed by atoms with Gasteiger partial charge in [0.25, 0.3) is 0 Å². The zero-order valence-electron chi connectivity index (χ0n) is 15.2. The Hall–Kier alpha value is -1.74. The van der Waals surface area contributed by atoms with Gasteiger partial charge in [0, 0.05) is 27.2 Å². The summed E-state index contributed by atoms with van der Waals surface area (Å²) in [6.45, 7) is 2.38. The molecule has 1 aliphatic rings. The average molecular weight is 369 g/mol. The smallest absolute Gasteiger partial charge is 0.319 e. The van der Waals surface area contributed by atoms with E-state index in [0.717, 1.165) is 36.7 Å². The lowest BCUT2D eigenvalue weighted by Crippen LogP contribution is -2.40. The van der Waals surface area contributed by atoms with E-state index in [2.05, 4.69) is 10.4 Å². The Kier molecular flexibility index (Phi) is 7.12. The summed E-state index contributed by atoms with van der Waals surface area (Å²) in [5.74, 6) is 0.713. The van der Waals surface area contributed by atoms with Crippen LogP contribution in [0.3, 0.4) is 0 Å². The molecule has 8 nitrogen and oxygen atoms in total. The molecule has 2 rings (SSSR count). The summed E-state index contributed by atoms with van der Waals surface area (Å²) < 4.78 is 1.93. The summed E-state index contributed by atoms with van der Waals surface area (Å²) in [5, 5.41) is 7.40. The molecule has 0 bridgehead atoms. The number of thioether (sulfide) groups is 1. The predicted molar refractivity (Wildman–Crippen MR) is 99.2 cm³/mol. The summed E-state index contributed by atoms with van der Waals surface area (Å²) in [6.07, 6.45) is 3.51. The van der Waals surface area contributed by atoms with Crippen molar-refractivity contribution in [1.82, 2.24) is 24.9 Å². The van der Waals surface area contributed by atoms with Gasteiger partial charge in [0.15, 0.2) is 0 Å². The number of nitrogens with two attached hydrogens (primary N) is 1. The highest BCUT2D eigenvalue weighted by molar-refractivity contribution is 7.98. The largest absolute Gasteiger partial charge is 0.349 e. The minimum atomic E-state index is -0.485. The normalized spacial score (nSPS) is 15.3. The molecule has 1 aromatic heterocycles. The Bertz CT molecular complexity index is 603. The summed E-state index contributed by atoms with van der Waals surface area (Å²) in [6, 6.07) is 1.47. The summed E-state index contributed by atoms with van der Waals surface area (Å²) in [5.41, 5.74) is 7.65. The molecule has 1 atom stereocenters. The third kappa shape index (κ3) is 5.37. The number of carbonyl (C=O) groups is 2. The lowest BCUT2D eigenvalue weighted by molar-refractivity contribution is -0.122. The first-order valence-electron chi connectivity index (χ1n) is 8.46. The second kappa shape index (κ2) is 9.10. The predicted octanol–water partition coefficient (Wildman–Crippen LogP) is 0.467. The first-order chi connectivity index (χ1) is 11.9. The fraction of sp³-hybridized carbons (Fsp3) is 0.688. The van der Waals surface area contributed by atoms with Gasteiger partial charge in [-0.1, -0.05) is 0 Å². The molecule has 0 saturated carbocycles. The third-order valence-electron chi connectivity index (χ3n) is 4.13. The van der Waals surface area contributed by atoms with Gasteiger partial charge >= 0.3 is 6.03 Å². The molecule has 3 N–H and O–H groups in total. The molecule has 0 unspecified atom stereocenters. The van der Waals surface area contributed by atoms with Gasteiger partial charge in [0.05, 0.1) is 30.5 Å². The van der Waals surface area contributed by atoms with Crippen LogP contribution in [0.5, 0.6) is 0 Å². The maximum Gasteiger partial charge on any atom is 0.319 e. The molecule has 0 saturated heterocycles. The molecule has 0 fully saturated rings. The number of nitrogens with zero attached hydrogens (tertiary/aromatic N) is 4. The molecule has 0 aromatic carbocycles. The van der Waals surface area contributed by atoms with Crippen molar-refractivity contribution in [3.8, 4) is 0 Å². The molecule has 140 valence electrons. The molecule has 1 aromatic rings. The van der Waals surface area contributed by atoms with Crippen LogP contribution in [0.2, 0.25) is 0 Å². The SMILES string of the molecule is CSCC[C@H](N)C(=O)NCc1cc2n(n1)CCCN(C(=O)N(C)C)C2. The van der Waals surface area contributed by atoms with Gasteiger partial charge in [0.1, 0.15) is 0 Å². The van der Waals surface area contributed by atoms with Crippen LogP contribution in [0, 0.1) is 0 Å². The number of rotatable bonds is 6. The van der Waals surface area contributed by atoms with E-state index in [1.807, 2.05) is 21.9 Å². The van der Waals surface area contributed by atoms with E-state index < -0.39 is 6.04 Å². The van der Waals surface area contributed by atoms with Crippen LogP contribution in [-0.2, 0) is 24.4 Å². The first-order valence-corrected chi connectivity index (χ1v) is 9.85. The van der Waals surface area contributed by atoms with E-state index in [-0.39, 0.29) is 11.9 Å². The van der Waals surface area contributed by atoms with Gasteiger partial charge in [-0.05, 0) is 30.9 Å². The van der Waals surface area contributed by atoms with Crippen molar-refractivity contribution < 1.29 is 9.59 Å². The van der Waals surface area contributed by atoms with E-state index in [1.54, 1.807) is 30.8 Å². The Balaban J connectivity index is 1.94. The maximum atomic E-state index is 12.2. The van der Waals surface area contributed by atoms with Crippen LogP contribution in [0.25, 0.3) is 0 Å². The molecular weight excluding hydrogens is 340 g/mol. The minimum absolute atomic E-state index is 0.00395. The molecule has 1 aliphatic heterocycles. The zero-order chi connectivity index (χ0) is 18.4. The van der Waals surface area contributed by atoms with Crippen LogP contribution in [0.4, 0.5) is 4.79 Å². The lowest BCUT2D eigenvalue weighted by Gasteiger charge is -2.23. The standard InChI is InChI=1S/C16H28N6O2S/c1-20(2)16(24)21-6-4-7-22-13(11-21)9-12(19-22)10-18-15(23)14(17)5-8-25-3/h9,14H,4-8,10-11,17H2,1-3H3,(H,18,23)/t14-/m0/s1. The van der Waals surface area contributed by atoms with E-state index in [1.165, 1.54) is 0 Å². The number of amides is 3. The number of aromatic nitrogens is 2. The fourth-order valence-electron chi connectivity index (χ4n) is 2.74. The van der Waals surface area contributed by atoms with E-state index in [4.69, 9.17) is 5.73 Å². The number of aryl methyl sites for hydroxylation is 1. The molecule has 9 heteroatoms. The second-order valence-corrected chi connectivity index (χ2v) is 7.39. The second-order valence-electron chi connectivity index (χ2n) is 6.41. The summed E-state index contributed by atoms with van der Waals surface area (Å²) >= 11 is 1.68. The number of fused-ring (bicyclic) bond motifs is 1. The van der Waals surface area contributed by atoms with Gasteiger partial charge in [0.2, 0.25) is 5.91 Å². The van der Waals surface area contributed by atoms with Crippen molar-refractivity contribution in [2.75, 3.05) is 32.6 Å². The van der Waals surface area contributed by atoms with Crippen LogP contribution in [0.1, 0.15) is 24.2 Å². The first kappa shape index (κ1) is 19.6. The molecule has 25 heavy (non-hydrogen) atoms. The summed E-state index contributed by atoms with van der Waals surface area (Å²) in [7, 11) is 3.51. The van der Waals surface area contributed by atoms with Gasteiger partial charge in [-0.25, -0.2) is 4.79 Å². The van der Waals surface area contributed by atoms with Crippen LogP contribution >= 0.6 is 11.8 Å². The van der Waals surface area contributed by atoms with Gasteiger partial charge < -0.3 is 20.9 Å². The highest BCUT2D eigenvalue weighted by Crippen LogP contribution is 2.15. The number of nitrogens with one attached hydrogen (secondary N) is 1. The number of carbonyl (C=O) groups excluding carboxylic acids is 2. The van der Waals surface area contributed by atoms with Gasteiger partial charge in [-0.15, -0.1) is 0 Å². The molecular formula is C16H28N6O2S. The lowest BCUT2D eigenvalue weighted by atomic mass is 10.2. The highest BCUT2D eigenvalue weighted by atomic mass is 32.2. The van der Waals surface area contributed by atoms with Crippen molar-refractivity contribution >= 4 is 23.7 Å². The Labute approximate surface area is 153 Å². The number of hydrogen-bond donors (Lipinski definition) is 2.